The first kappa shape index (κ1) is 15.2. The van der Waals surface area contributed by atoms with Crippen LogP contribution in [0.3, 0.4) is 0 Å². The van der Waals surface area contributed by atoms with Gasteiger partial charge in [0.2, 0.25) is 5.95 Å². The van der Waals surface area contributed by atoms with Crippen molar-refractivity contribution in [3.8, 4) is 0 Å². The van der Waals surface area contributed by atoms with Crippen LogP contribution in [0.5, 0.6) is 0 Å². The van der Waals surface area contributed by atoms with Crippen molar-refractivity contribution in [3.63, 3.8) is 0 Å². The Morgan fingerprint density at radius 1 is 1.12 bits per heavy atom. The van der Waals surface area contributed by atoms with E-state index >= 15 is 0 Å². The molecular weight excluding hydrogens is 327 g/mol. The molecule has 0 radical (unpaired) electrons. The number of anilines is 2. The van der Waals surface area contributed by atoms with Crippen LogP contribution in [-0.4, -0.2) is 41.1 Å². The normalized spacial score (nSPS) is 15.1. The molecule has 8 heteroatoms. The van der Waals surface area contributed by atoms with Crippen LogP contribution in [0, 0.1) is 5.82 Å². The van der Waals surface area contributed by atoms with Crippen LogP contribution >= 0.6 is 11.3 Å². The minimum Gasteiger partial charge on any atom is -0.368 e. The summed E-state index contributed by atoms with van der Waals surface area (Å²) in [4.78, 5) is 16.5. The number of thiazole rings is 1. The number of halogens is 1. The fourth-order valence-electron chi connectivity index (χ4n) is 2.82. The Bertz CT molecular complexity index is 857. The molecule has 1 fully saturated rings. The molecular formula is C16H17FN6S. The first-order valence-corrected chi connectivity index (χ1v) is 8.64. The molecule has 3 aromatic rings. The van der Waals surface area contributed by atoms with Crippen LogP contribution in [0.4, 0.5) is 16.2 Å². The van der Waals surface area contributed by atoms with E-state index in [0.717, 1.165) is 52.9 Å². The van der Waals surface area contributed by atoms with E-state index in [0.29, 0.717) is 6.42 Å². The van der Waals surface area contributed by atoms with E-state index < -0.39 is 0 Å². The molecule has 1 aromatic carbocycles. The highest BCUT2D eigenvalue weighted by atomic mass is 32.1. The average molecular weight is 344 g/mol. The predicted octanol–water partition coefficient (Wildman–Crippen LogP) is 1.81. The van der Waals surface area contributed by atoms with Crippen LogP contribution in [0.2, 0.25) is 0 Å². The molecule has 1 aliphatic rings. The number of nitrogens with one attached hydrogen (secondary N) is 1. The third-order valence-corrected chi connectivity index (χ3v) is 4.94. The Balaban J connectivity index is 1.70. The lowest BCUT2D eigenvalue weighted by atomic mass is 10.1. The summed E-state index contributed by atoms with van der Waals surface area (Å²) in [5.41, 5.74) is 7.70. The van der Waals surface area contributed by atoms with Gasteiger partial charge in [0.25, 0.3) is 0 Å². The van der Waals surface area contributed by atoms with Crippen LogP contribution in [-0.2, 0) is 6.42 Å². The fourth-order valence-corrected chi connectivity index (χ4v) is 3.79. The SMILES string of the molecule is Nc1nc(N2CCNCC2)c2nc(Cc3ccc(F)cc3)sc2n1. The largest absolute Gasteiger partial charge is 0.368 e. The number of benzene rings is 1. The molecule has 1 aliphatic heterocycles. The molecule has 6 nitrogen and oxygen atoms in total. The van der Waals surface area contributed by atoms with Crippen molar-refractivity contribution in [1.82, 2.24) is 20.3 Å². The average Bonchev–Trinajstić information content (AvgIpc) is 2.99. The van der Waals surface area contributed by atoms with Crippen molar-refractivity contribution >= 4 is 33.5 Å². The summed E-state index contributed by atoms with van der Waals surface area (Å²) >= 11 is 1.51. The van der Waals surface area contributed by atoms with E-state index in [2.05, 4.69) is 20.2 Å². The number of piperazine rings is 1. The lowest BCUT2D eigenvalue weighted by molar-refractivity contribution is 0.586. The molecule has 0 spiro atoms. The first-order valence-electron chi connectivity index (χ1n) is 7.82. The summed E-state index contributed by atoms with van der Waals surface area (Å²) < 4.78 is 13.0. The second-order valence-electron chi connectivity index (χ2n) is 5.71. The zero-order valence-corrected chi connectivity index (χ0v) is 13.8. The Labute approximate surface area is 142 Å². The monoisotopic (exact) mass is 344 g/mol. The number of hydrogen-bond acceptors (Lipinski definition) is 7. The molecule has 0 amide bonds. The molecule has 3 N–H and O–H groups in total. The van der Waals surface area contributed by atoms with Gasteiger partial charge in [-0.15, -0.1) is 0 Å². The summed E-state index contributed by atoms with van der Waals surface area (Å²) in [6.45, 7) is 3.57. The van der Waals surface area contributed by atoms with Gasteiger partial charge in [-0.3, -0.25) is 0 Å². The zero-order valence-electron chi connectivity index (χ0n) is 13.0. The Morgan fingerprint density at radius 3 is 2.62 bits per heavy atom. The molecule has 0 aliphatic carbocycles. The number of fused-ring (bicyclic) bond motifs is 1. The van der Waals surface area contributed by atoms with Gasteiger partial charge in [-0.1, -0.05) is 23.5 Å². The molecule has 2 aromatic heterocycles. The molecule has 0 unspecified atom stereocenters. The number of hydrogen-bond donors (Lipinski definition) is 2. The van der Waals surface area contributed by atoms with Crippen LogP contribution < -0.4 is 16.0 Å². The quantitative estimate of drug-likeness (QED) is 0.754. The lowest BCUT2D eigenvalue weighted by Crippen LogP contribution is -2.44. The third-order valence-electron chi connectivity index (χ3n) is 3.99. The van der Waals surface area contributed by atoms with E-state index in [-0.39, 0.29) is 11.8 Å². The van der Waals surface area contributed by atoms with Gasteiger partial charge in [0.15, 0.2) is 10.6 Å². The molecule has 0 saturated carbocycles. The molecule has 24 heavy (non-hydrogen) atoms. The minimum absolute atomic E-state index is 0.234. The van der Waals surface area contributed by atoms with E-state index in [1.165, 1.54) is 23.5 Å². The summed E-state index contributed by atoms with van der Waals surface area (Å²) in [6, 6.07) is 6.48. The van der Waals surface area contributed by atoms with E-state index in [1.807, 2.05) is 0 Å². The van der Waals surface area contributed by atoms with Crippen LogP contribution in [0.1, 0.15) is 10.6 Å². The number of nitrogens with two attached hydrogens (primary N) is 1. The Hall–Kier alpha value is -2.32. The number of aromatic nitrogens is 3. The topological polar surface area (TPSA) is 80.0 Å². The highest BCUT2D eigenvalue weighted by molar-refractivity contribution is 7.18. The lowest BCUT2D eigenvalue weighted by Gasteiger charge is -2.28. The van der Waals surface area contributed by atoms with E-state index in [9.17, 15) is 4.39 Å². The van der Waals surface area contributed by atoms with Gasteiger partial charge in [-0.2, -0.15) is 4.98 Å². The maximum absolute atomic E-state index is 13.0. The van der Waals surface area contributed by atoms with Crippen LogP contribution in [0.25, 0.3) is 10.3 Å². The summed E-state index contributed by atoms with van der Waals surface area (Å²) in [5.74, 6) is 0.844. The van der Waals surface area contributed by atoms with Gasteiger partial charge >= 0.3 is 0 Å². The second kappa shape index (κ2) is 6.29. The smallest absolute Gasteiger partial charge is 0.223 e. The molecule has 4 rings (SSSR count). The van der Waals surface area contributed by atoms with E-state index in [4.69, 9.17) is 10.7 Å². The van der Waals surface area contributed by atoms with Crippen molar-refractivity contribution in [2.45, 2.75) is 6.42 Å². The molecule has 0 atom stereocenters. The number of rotatable bonds is 3. The van der Waals surface area contributed by atoms with Gasteiger partial charge in [0, 0.05) is 32.6 Å². The fraction of sp³-hybridized carbons (Fsp3) is 0.312. The number of nitrogens with zero attached hydrogens (tertiary/aromatic N) is 4. The maximum Gasteiger partial charge on any atom is 0.223 e. The standard InChI is InChI=1S/C16H17FN6S/c17-11-3-1-10(2-4-11)9-12-20-13-14(23-7-5-19-6-8-23)21-16(18)22-15(13)24-12/h1-4,19H,5-9H2,(H2,18,21,22). The van der Waals surface area contributed by atoms with Crippen molar-refractivity contribution in [3.05, 3.63) is 40.7 Å². The van der Waals surface area contributed by atoms with Gasteiger partial charge in [0.1, 0.15) is 11.3 Å². The molecule has 3 heterocycles. The van der Waals surface area contributed by atoms with Gasteiger partial charge in [-0.05, 0) is 17.7 Å². The van der Waals surface area contributed by atoms with Crippen molar-refractivity contribution in [1.29, 1.82) is 0 Å². The van der Waals surface area contributed by atoms with E-state index in [1.54, 1.807) is 12.1 Å². The van der Waals surface area contributed by atoms with Crippen molar-refractivity contribution in [2.75, 3.05) is 36.8 Å². The summed E-state index contributed by atoms with van der Waals surface area (Å²) in [7, 11) is 0. The van der Waals surface area contributed by atoms with Crippen LogP contribution in [0.15, 0.2) is 24.3 Å². The minimum atomic E-state index is -0.234. The predicted molar refractivity (Wildman–Crippen MR) is 93.9 cm³/mol. The Kier molecular flexibility index (Phi) is 3.99. The molecule has 0 bridgehead atoms. The highest BCUT2D eigenvalue weighted by Gasteiger charge is 2.19. The second-order valence-corrected chi connectivity index (χ2v) is 6.77. The van der Waals surface area contributed by atoms with Crippen molar-refractivity contribution < 1.29 is 4.39 Å². The molecule has 1 saturated heterocycles. The first-order chi connectivity index (χ1) is 11.7. The number of nitrogen functional groups attached to an aromatic ring is 1. The Morgan fingerprint density at radius 2 is 1.88 bits per heavy atom. The van der Waals surface area contributed by atoms with Gasteiger partial charge < -0.3 is 16.0 Å². The third kappa shape index (κ3) is 3.02. The summed E-state index contributed by atoms with van der Waals surface area (Å²) in [5, 5.41) is 4.25. The van der Waals surface area contributed by atoms with Gasteiger partial charge in [-0.25, -0.2) is 14.4 Å². The van der Waals surface area contributed by atoms with Gasteiger partial charge in [0.05, 0.1) is 5.01 Å². The summed E-state index contributed by atoms with van der Waals surface area (Å²) in [6.07, 6.45) is 0.641. The maximum atomic E-state index is 13.0. The molecule has 124 valence electrons. The highest BCUT2D eigenvalue weighted by Crippen LogP contribution is 2.30. The van der Waals surface area contributed by atoms with Crippen molar-refractivity contribution in [2.24, 2.45) is 0 Å². The zero-order chi connectivity index (χ0) is 16.5.